The van der Waals surface area contributed by atoms with Gasteiger partial charge < -0.3 is 0 Å². The third-order valence-corrected chi connectivity index (χ3v) is 3.65. The highest BCUT2D eigenvalue weighted by atomic mass is 19.1. The van der Waals surface area contributed by atoms with Crippen LogP contribution in [0.3, 0.4) is 0 Å². The topological polar surface area (TPSA) is 40.9 Å². The fourth-order valence-electron chi connectivity index (χ4n) is 2.37. The van der Waals surface area contributed by atoms with Crippen LogP contribution < -0.4 is 0 Å². The van der Waals surface area contributed by atoms with Crippen LogP contribution in [0.1, 0.15) is 42.3 Å². The highest BCUT2D eigenvalue weighted by Gasteiger charge is 2.21. The number of carbonyl (C=O) groups excluding carboxylic acids is 1. The average molecular weight is 295 g/mol. The van der Waals surface area contributed by atoms with E-state index < -0.39 is 5.82 Å². The summed E-state index contributed by atoms with van der Waals surface area (Å²) in [5.41, 5.74) is 2.59. The van der Waals surface area contributed by atoms with Gasteiger partial charge >= 0.3 is 0 Å². The van der Waals surface area contributed by atoms with Crippen LogP contribution in [0.5, 0.6) is 0 Å². The number of ketones is 1. The van der Waals surface area contributed by atoms with Gasteiger partial charge in [-0.25, -0.2) is 4.39 Å². The minimum atomic E-state index is -0.630. The number of aryl methyl sites for hydroxylation is 1. The predicted octanol–water partition coefficient (Wildman–Crippen LogP) is 4.77. The van der Waals surface area contributed by atoms with Gasteiger partial charge in [0.05, 0.1) is 11.1 Å². The van der Waals surface area contributed by atoms with Gasteiger partial charge in [0.1, 0.15) is 11.9 Å². The number of hydrogen-bond acceptors (Lipinski definition) is 2. The van der Waals surface area contributed by atoms with Gasteiger partial charge in [-0.05, 0) is 35.2 Å². The van der Waals surface area contributed by atoms with Gasteiger partial charge in [0.2, 0.25) is 0 Å². The number of hydrogen-bond donors (Lipinski definition) is 0. The first-order chi connectivity index (χ1) is 10.5. The van der Waals surface area contributed by atoms with Crippen LogP contribution in [-0.4, -0.2) is 5.78 Å². The number of benzene rings is 2. The summed E-state index contributed by atoms with van der Waals surface area (Å²) in [4.78, 5) is 12.1. The van der Waals surface area contributed by atoms with Gasteiger partial charge in [-0.3, -0.25) is 4.79 Å². The lowest BCUT2D eigenvalue weighted by Crippen LogP contribution is -2.12. The Bertz CT molecular complexity index is 757. The van der Waals surface area contributed by atoms with E-state index in [1.807, 2.05) is 37.3 Å². The van der Waals surface area contributed by atoms with E-state index in [1.165, 1.54) is 6.07 Å². The number of nitrogens with zero attached hydrogens (tertiary/aromatic N) is 1. The Balaban J connectivity index is 2.59. The summed E-state index contributed by atoms with van der Waals surface area (Å²) in [5, 5.41) is 9.28. The minimum absolute atomic E-state index is 0.0931. The molecule has 2 nitrogen and oxygen atoms in total. The average Bonchev–Trinajstić information content (AvgIpc) is 2.53. The van der Waals surface area contributed by atoms with Crippen LogP contribution in [-0.2, 0) is 6.42 Å². The smallest absolute Gasteiger partial charge is 0.169 e. The Kier molecular flexibility index (Phi) is 4.72. The normalized spacial score (nSPS) is 10.5. The zero-order valence-corrected chi connectivity index (χ0v) is 13.0. The van der Waals surface area contributed by atoms with Gasteiger partial charge in [0.25, 0.3) is 0 Å². The standard InChI is InChI=1S/C19H18FNO/c1-4-13-6-5-7-14(8-13)15-9-16(11-21)18(17(20)10-15)19(22)12(2)3/h5-10,12H,4H2,1-3H3. The maximum Gasteiger partial charge on any atom is 0.169 e. The van der Waals surface area contributed by atoms with E-state index in [4.69, 9.17) is 0 Å². The summed E-state index contributed by atoms with van der Waals surface area (Å²) in [6, 6.07) is 12.6. The molecule has 0 aliphatic carbocycles. The third kappa shape index (κ3) is 3.07. The minimum Gasteiger partial charge on any atom is -0.294 e. The Hall–Kier alpha value is -2.47. The summed E-state index contributed by atoms with van der Waals surface area (Å²) in [7, 11) is 0. The molecule has 0 fully saturated rings. The van der Waals surface area contributed by atoms with Crippen molar-refractivity contribution in [1.29, 1.82) is 5.26 Å². The lowest BCUT2D eigenvalue weighted by Gasteiger charge is -2.11. The van der Waals surface area contributed by atoms with Gasteiger partial charge in [-0.15, -0.1) is 0 Å². The quantitative estimate of drug-likeness (QED) is 0.763. The molecule has 0 bridgehead atoms. The van der Waals surface area contributed by atoms with E-state index in [2.05, 4.69) is 0 Å². The Morgan fingerprint density at radius 2 is 1.95 bits per heavy atom. The highest BCUT2D eigenvalue weighted by molar-refractivity contribution is 6.00. The van der Waals surface area contributed by atoms with Crippen molar-refractivity contribution in [2.75, 3.05) is 0 Å². The van der Waals surface area contributed by atoms with Crippen molar-refractivity contribution in [2.24, 2.45) is 5.92 Å². The first-order valence-electron chi connectivity index (χ1n) is 7.35. The van der Waals surface area contributed by atoms with Gasteiger partial charge in [0.15, 0.2) is 5.78 Å². The number of nitriles is 1. The van der Waals surface area contributed by atoms with Crippen molar-refractivity contribution in [2.45, 2.75) is 27.2 Å². The SMILES string of the molecule is CCc1cccc(-c2cc(F)c(C(=O)C(C)C)c(C#N)c2)c1. The fourth-order valence-corrected chi connectivity index (χ4v) is 2.37. The predicted molar refractivity (Wildman–Crippen MR) is 85.1 cm³/mol. The number of carbonyl (C=O) groups is 1. The monoisotopic (exact) mass is 295 g/mol. The van der Waals surface area contributed by atoms with E-state index in [-0.39, 0.29) is 22.8 Å². The summed E-state index contributed by atoms with van der Waals surface area (Å²) in [6.45, 7) is 5.44. The van der Waals surface area contributed by atoms with Crippen molar-refractivity contribution in [3.63, 3.8) is 0 Å². The van der Waals surface area contributed by atoms with Crippen molar-refractivity contribution in [3.8, 4) is 17.2 Å². The molecular formula is C19H18FNO. The first kappa shape index (κ1) is 15.9. The lowest BCUT2D eigenvalue weighted by molar-refractivity contribution is 0.0935. The Labute approximate surface area is 130 Å². The largest absolute Gasteiger partial charge is 0.294 e. The van der Waals surface area contributed by atoms with Gasteiger partial charge in [0, 0.05) is 5.92 Å². The van der Waals surface area contributed by atoms with Gasteiger partial charge in [-0.2, -0.15) is 5.26 Å². The van der Waals surface area contributed by atoms with E-state index in [0.717, 1.165) is 17.5 Å². The fraction of sp³-hybridized carbons (Fsp3) is 0.263. The molecule has 2 aromatic rings. The van der Waals surface area contributed by atoms with Crippen molar-refractivity contribution < 1.29 is 9.18 Å². The van der Waals surface area contributed by atoms with Crippen LogP contribution >= 0.6 is 0 Å². The number of halogens is 1. The highest BCUT2D eigenvalue weighted by Crippen LogP contribution is 2.27. The molecule has 0 N–H and O–H groups in total. The van der Waals surface area contributed by atoms with Crippen LogP contribution in [0.4, 0.5) is 4.39 Å². The van der Waals surface area contributed by atoms with Crippen molar-refractivity contribution >= 4 is 5.78 Å². The molecule has 0 atom stereocenters. The molecule has 0 unspecified atom stereocenters. The molecule has 0 spiro atoms. The third-order valence-electron chi connectivity index (χ3n) is 3.65. The van der Waals surface area contributed by atoms with E-state index in [9.17, 15) is 14.4 Å². The van der Waals surface area contributed by atoms with Crippen LogP contribution in [0.2, 0.25) is 0 Å². The van der Waals surface area contributed by atoms with Crippen molar-refractivity contribution in [1.82, 2.24) is 0 Å². The number of rotatable bonds is 4. The molecule has 0 radical (unpaired) electrons. The zero-order chi connectivity index (χ0) is 16.3. The van der Waals surface area contributed by atoms with Crippen molar-refractivity contribution in [3.05, 3.63) is 58.9 Å². The van der Waals surface area contributed by atoms with E-state index in [1.54, 1.807) is 19.9 Å². The molecule has 0 heterocycles. The number of Topliss-reactive ketones (excluding diaryl/α,β-unsaturated/α-hetero) is 1. The van der Waals surface area contributed by atoms with Gasteiger partial charge in [-0.1, -0.05) is 45.0 Å². The molecule has 0 aliphatic heterocycles. The molecule has 0 aliphatic rings. The molecule has 0 amide bonds. The summed E-state index contributed by atoms with van der Waals surface area (Å²) in [6.07, 6.45) is 0.880. The zero-order valence-electron chi connectivity index (χ0n) is 13.0. The molecule has 112 valence electrons. The van der Waals surface area contributed by atoms with Crippen LogP contribution in [0.15, 0.2) is 36.4 Å². The van der Waals surface area contributed by atoms with Crippen LogP contribution in [0, 0.1) is 23.1 Å². The van der Waals surface area contributed by atoms with Crippen LogP contribution in [0.25, 0.3) is 11.1 Å². The molecule has 0 aromatic heterocycles. The molecule has 2 rings (SSSR count). The molecular weight excluding hydrogens is 277 g/mol. The Morgan fingerprint density at radius 3 is 2.55 bits per heavy atom. The summed E-state index contributed by atoms with van der Waals surface area (Å²) in [5.74, 6) is -1.33. The summed E-state index contributed by atoms with van der Waals surface area (Å²) >= 11 is 0. The first-order valence-corrected chi connectivity index (χ1v) is 7.35. The second kappa shape index (κ2) is 6.53. The molecule has 3 heteroatoms. The second-order valence-corrected chi connectivity index (χ2v) is 5.57. The Morgan fingerprint density at radius 1 is 1.23 bits per heavy atom. The van der Waals surface area contributed by atoms with E-state index >= 15 is 0 Å². The lowest BCUT2D eigenvalue weighted by atomic mass is 9.92. The summed E-state index contributed by atoms with van der Waals surface area (Å²) < 4.78 is 14.4. The molecule has 0 saturated heterocycles. The van der Waals surface area contributed by atoms with E-state index in [0.29, 0.717) is 5.56 Å². The molecule has 22 heavy (non-hydrogen) atoms. The molecule has 0 saturated carbocycles. The maximum absolute atomic E-state index is 14.4. The molecule has 2 aromatic carbocycles. The maximum atomic E-state index is 14.4. The second-order valence-electron chi connectivity index (χ2n) is 5.57.